The van der Waals surface area contributed by atoms with Crippen molar-refractivity contribution < 1.29 is 17.9 Å². The summed E-state index contributed by atoms with van der Waals surface area (Å²) in [5.74, 6) is -0.910. The Kier molecular flexibility index (Phi) is 4.88. The molecule has 0 fully saturated rings. The maximum atomic E-state index is 12.5. The monoisotopic (exact) mass is 338 g/mol. The highest BCUT2D eigenvalue weighted by molar-refractivity contribution is 7.90. The number of benzene rings is 2. The predicted octanol–water partition coefficient (Wildman–Crippen LogP) is 3.41. The molecule has 6 heteroatoms. The molecule has 0 aliphatic rings. The molecule has 4 nitrogen and oxygen atoms in total. The standard InChI is InChI=1S/C16H15ClO4S/c1-11-4-3-5-14(8-11)22(19,20)10-12-9-13(17)6-7-15(12)16(18)21-2/h3-9H,10H2,1-2H3. The van der Waals surface area contributed by atoms with E-state index < -0.39 is 15.8 Å². The van der Waals surface area contributed by atoms with Gasteiger partial charge >= 0.3 is 5.97 Å². The van der Waals surface area contributed by atoms with Gasteiger partial charge in [0.1, 0.15) is 0 Å². The number of carbonyl (C=O) groups excluding carboxylic acids is 1. The first kappa shape index (κ1) is 16.5. The number of hydrogen-bond donors (Lipinski definition) is 0. The van der Waals surface area contributed by atoms with Gasteiger partial charge in [-0.1, -0.05) is 23.7 Å². The number of aryl methyl sites for hydroxylation is 1. The number of sulfone groups is 1. The molecule has 0 aliphatic carbocycles. The van der Waals surface area contributed by atoms with Crippen molar-refractivity contribution in [2.24, 2.45) is 0 Å². The molecule has 116 valence electrons. The molecule has 2 aromatic rings. The molecule has 0 aromatic heterocycles. The van der Waals surface area contributed by atoms with Crippen LogP contribution in [0.2, 0.25) is 5.02 Å². The molecule has 0 atom stereocenters. The van der Waals surface area contributed by atoms with E-state index in [4.69, 9.17) is 11.6 Å². The van der Waals surface area contributed by atoms with Gasteiger partial charge in [0, 0.05) is 5.02 Å². The lowest BCUT2D eigenvalue weighted by Crippen LogP contribution is -2.11. The first-order valence-corrected chi connectivity index (χ1v) is 8.52. The zero-order chi connectivity index (χ0) is 16.3. The summed E-state index contributed by atoms with van der Waals surface area (Å²) in [4.78, 5) is 12.0. The zero-order valence-electron chi connectivity index (χ0n) is 12.2. The van der Waals surface area contributed by atoms with Crippen LogP contribution in [0.25, 0.3) is 0 Å². The van der Waals surface area contributed by atoms with Crippen molar-refractivity contribution in [3.8, 4) is 0 Å². The van der Waals surface area contributed by atoms with Crippen molar-refractivity contribution in [2.45, 2.75) is 17.6 Å². The minimum Gasteiger partial charge on any atom is -0.465 e. The lowest BCUT2D eigenvalue weighted by atomic mass is 10.1. The van der Waals surface area contributed by atoms with Gasteiger partial charge in [0.15, 0.2) is 9.84 Å². The van der Waals surface area contributed by atoms with Crippen molar-refractivity contribution in [3.63, 3.8) is 0 Å². The lowest BCUT2D eigenvalue weighted by molar-refractivity contribution is 0.0600. The van der Waals surface area contributed by atoms with Gasteiger partial charge in [0.05, 0.1) is 23.3 Å². The van der Waals surface area contributed by atoms with Crippen LogP contribution in [-0.4, -0.2) is 21.5 Å². The third kappa shape index (κ3) is 3.67. The van der Waals surface area contributed by atoms with E-state index in [0.29, 0.717) is 10.6 Å². The molecule has 0 heterocycles. The Bertz CT molecular complexity index is 813. The SMILES string of the molecule is COC(=O)c1ccc(Cl)cc1CS(=O)(=O)c1cccc(C)c1. The minimum atomic E-state index is -3.58. The molecule has 0 radical (unpaired) electrons. The predicted molar refractivity (Wildman–Crippen MR) is 84.9 cm³/mol. The Morgan fingerprint density at radius 3 is 2.55 bits per heavy atom. The normalized spacial score (nSPS) is 11.2. The number of esters is 1. The van der Waals surface area contributed by atoms with Crippen molar-refractivity contribution in [1.82, 2.24) is 0 Å². The third-order valence-electron chi connectivity index (χ3n) is 3.17. The number of hydrogen-bond acceptors (Lipinski definition) is 4. The molecular formula is C16H15ClO4S. The van der Waals surface area contributed by atoms with Crippen molar-refractivity contribution in [3.05, 3.63) is 64.2 Å². The van der Waals surface area contributed by atoms with Crippen LogP contribution in [-0.2, 0) is 20.3 Å². The highest BCUT2D eigenvalue weighted by atomic mass is 35.5. The van der Waals surface area contributed by atoms with E-state index in [9.17, 15) is 13.2 Å². The van der Waals surface area contributed by atoms with Gasteiger partial charge in [0.2, 0.25) is 0 Å². The molecule has 2 aromatic carbocycles. The lowest BCUT2D eigenvalue weighted by Gasteiger charge is -2.10. The van der Waals surface area contributed by atoms with Crippen LogP contribution in [0.1, 0.15) is 21.5 Å². The van der Waals surface area contributed by atoms with Crippen molar-refractivity contribution in [1.29, 1.82) is 0 Å². The van der Waals surface area contributed by atoms with E-state index in [-0.39, 0.29) is 16.2 Å². The Hall–Kier alpha value is -1.85. The molecule has 0 saturated heterocycles. The maximum Gasteiger partial charge on any atom is 0.338 e. The quantitative estimate of drug-likeness (QED) is 0.801. The van der Waals surface area contributed by atoms with Crippen LogP contribution in [0, 0.1) is 6.92 Å². The van der Waals surface area contributed by atoms with Crippen LogP contribution < -0.4 is 0 Å². The van der Waals surface area contributed by atoms with E-state index >= 15 is 0 Å². The Labute approximate surface area is 134 Å². The van der Waals surface area contributed by atoms with Gasteiger partial charge in [-0.05, 0) is 48.4 Å². The second kappa shape index (κ2) is 6.50. The van der Waals surface area contributed by atoms with E-state index in [1.165, 1.54) is 31.4 Å². The summed E-state index contributed by atoms with van der Waals surface area (Å²) in [7, 11) is -2.34. The highest BCUT2D eigenvalue weighted by Crippen LogP contribution is 2.23. The number of halogens is 1. The topological polar surface area (TPSA) is 60.4 Å². The summed E-state index contributed by atoms with van der Waals surface area (Å²) in [6.07, 6.45) is 0. The maximum absolute atomic E-state index is 12.5. The number of ether oxygens (including phenoxy) is 1. The highest BCUT2D eigenvalue weighted by Gasteiger charge is 2.20. The van der Waals surface area contributed by atoms with Gasteiger partial charge < -0.3 is 4.74 Å². The summed E-state index contributed by atoms with van der Waals surface area (Å²) < 4.78 is 29.7. The first-order valence-electron chi connectivity index (χ1n) is 6.49. The Morgan fingerprint density at radius 2 is 1.91 bits per heavy atom. The largest absolute Gasteiger partial charge is 0.465 e. The van der Waals surface area contributed by atoms with Gasteiger partial charge in [0.25, 0.3) is 0 Å². The molecule has 0 aliphatic heterocycles. The summed E-state index contributed by atoms with van der Waals surface area (Å²) in [6, 6.07) is 11.1. The van der Waals surface area contributed by atoms with Crippen LogP contribution in [0.5, 0.6) is 0 Å². The van der Waals surface area contributed by atoms with E-state index in [1.54, 1.807) is 12.1 Å². The molecule has 0 spiro atoms. The third-order valence-corrected chi connectivity index (χ3v) is 5.07. The van der Waals surface area contributed by atoms with E-state index in [1.807, 2.05) is 13.0 Å². The molecular weight excluding hydrogens is 324 g/mol. The molecule has 0 amide bonds. The van der Waals surface area contributed by atoms with Crippen molar-refractivity contribution >= 4 is 27.4 Å². The fourth-order valence-corrected chi connectivity index (χ4v) is 3.75. The second-order valence-electron chi connectivity index (χ2n) is 4.87. The summed E-state index contributed by atoms with van der Waals surface area (Å²) in [5.41, 5.74) is 1.37. The Balaban J connectivity index is 2.45. The second-order valence-corrected chi connectivity index (χ2v) is 7.29. The van der Waals surface area contributed by atoms with Gasteiger partial charge in [-0.15, -0.1) is 0 Å². The average Bonchev–Trinajstić information content (AvgIpc) is 2.46. The fraction of sp³-hybridized carbons (Fsp3) is 0.188. The van der Waals surface area contributed by atoms with E-state index in [0.717, 1.165) is 5.56 Å². The summed E-state index contributed by atoms with van der Waals surface area (Å²) in [6.45, 7) is 1.82. The average molecular weight is 339 g/mol. The van der Waals surface area contributed by atoms with Gasteiger partial charge in [-0.3, -0.25) is 0 Å². The number of carbonyl (C=O) groups is 1. The smallest absolute Gasteiger partial charge is 0.338 e. The molecule has 2 rings (SSSR count). The molecule has 0 unspecified atom stereocenters. The summed E-state index contributed by atoms with van der Waals surface area (Å²) in [5, 5.41) is 0.363. The van der Waals surface area contributed by atoms with Crippen LogP contribution in [0.15, 0.2) is 47.4 Å². The zero-order valence-corrected chi connectivity index (χ0v) is 13.7. The molecule has 0 saturated carbocycles. The van der Waals surface area contributed by atoms with Crippen LogP contribution in [0.3, 0.4) is 0 Å². The first-order chi connectivity index (χ1) is 10.3. The van der Waals surface area contributed by atoms with Gasteiger partial charge in [-0.2, -0.15) is 0 Å². The Morgan fingerprint density at radius 1 is 1.18 bits per heavy atom. The molecule has 0 N–H and O–H groups in total. The molecule has 0 bridgehead atoms. The van der Waals surface area contributed by atoms with Crippen LogP contribution >= 0.6 is 11.6 Å². The van der Waals surface area contributed by atoms with Crippen LogP contribution in [0.4, 0.5) is 0 Å². The fourth-order valence-electron chi connectivity index (χ4n) is 2.09. The number of rotatable bonds is 4. The number of methoxy groups -OCH3 is 1. The van der Waals surface area contributed by atoms with E-state index in [2.05, 4.69) is 4.74 Å². The molecule has 22 heavy (non-hydrogen) atoms. The van der Waals surface area contributed by atoms with Gasteiger partial charge in [-0.25, -0.2) is 13.2 Å². The summed E-state index contributed by atoms with van der Waals surface area (Å²) >= 11 is 5.92. The van der Waals surface area contributed by atoms with Crippen molar-refractivity contribution in [2.75, 3.05) is 7.11 Å². The minimum absolute atomic E-state index is 0.197.